The Kier molecular flexibility index (Phi) is 4.55. The number of anilines is 1. The smallest absolute Gasteiger partial charge is 0.423 e. The van der Waals surface area contributed by atoms with Gasteiger partial charge < -0.3 is 10.5 Å². The van der Waals surface area contributed by atoms with Crippen LogP contribution >= 0.6 is 0 Å². The summed E-state index contributed by atoms with van der Waals surface area (Å²) in [5, 5.41) is 0. The zero-order chi connectivity index (χ0) is 13.8. The summed E-state index contributed by atoms with van der Waals surface area (Å²) in [6.07, 6.45) is -0.882. The van der Waals surface area contributed by atoms with E-state index in [4.69, 9.17) is 5.73 Å². The summed E-state index contributed by atoms with van der Waals surface area (Å²) in [6, 6.07) is 6.42. The molecule has 0 radical (unpaired) electrons. The fraction of sp³-hybridized carbons (Fsp3) is 0.364. The Bertz CT molecular complexity index is 510. The van der Waals surface area contributed by atoms with Crippen molar-refractivity contribution in [3.05, 3.63) is 29.8 Å². The van der Waals surface area contributed by atoms with Gasteiger partial charge in [0.05, 0.1) is 12.4 Å². The zero-order valence-electron chi connectivity index (χ0n) is 10.3. The Balaban J connectivity index is 2.81. The fourth-order valence-corrected chi connectivity index (χ4v) is 2.34. The van der Waals surface area contributed by atoms with E-state index < -0.39 is 16.1 Å². The highest BCUT2D eigenvalue weighted by Gasteiger charge is 2.24. The van der Waals surface area contributed by atoms with Gasteiger partial charge in [-0.2, -0.15) is 0 Å². The van der Waals surface area contributed by atoms with E-state index in [1.165, 1.54) is 7.05 Å². The topological polar surface area (TPSA) is 89.7 Å². The maximum atomic E-state index is 11.9. The molecule has 0 atom stereocenters. The standard InChI is InChI=1S/C11H16N2O4S/c1-3-17-11(14)13(2)18(15,16)8-9-4-6-10(12)7-5-9/h4-7H,3,8,12H2,1-2H3. The van der Waals surface area contributed by atoms with E-state index >= 15 is 0 Å². The van der Waals surface area contributed by atoms with Gasteiger partial charge in [-0.1, -0.05) is 12.1 Å². The number of nitrogen functional groups attached to an aromatic ring is 1. The van der Waals surface area contributed by atoms with Gasteiger partial charge in [-0.15, -0.1) is 0 Å². The molecule has 0 unspecified atom stereocenters. The van der Waals surface area contributed by atoms with Crippen molar-refractivity contribution < 1.29 is 17.9 Å². The van der Waals surface area contributed by atoms with E-state index in [-0.39, 0.29) is 12.4 Å². The van der Waals surface area contributed by atoms with Crippen molar-refractivity contribution in [1.29, 1.82) is 0 Å². The number of benzene rings is 1. The van der Waals surface area contributed by atoms with Crippen molar-refractivity contribution in [3.63, 3.8) is 0 Å². The normalized spacial score (nSPS) is 11.0. The number of ether oxygens (including phenoxy) is 1. The minimum Gasteiger partial charge on any atom is -0.449 e. The summed E-state index contributed by atoms with van der Waals surface area (Å²) in [4.78, 5) is 11.3. The highest BCUT2D eigenvalue weighted by molar-refractivity contribution is 7.88. The Labute approximate surface area is 106 Å². The molecule has 0 aliphatic carbocycles. The molecule has 1 aromatic carbocycles. The van der Waals surface area contributed by atoms with Crippen LogP contribution < -0.4 is 5.73 Å². The van der Waals surface area contributed by atoms with Gasteiger partial charge in [-0.05, 0) is 24.6 Å². The number of carbonyl (C=O) groups excluding carboxylic acids is 1. The maximum absolute atomic E-state index is 11.9. The first kappa shape index (κ1) is 14.3. The molecule has 2 N–H and O–H groups in total. The van der Waals surface area contributed by atoms with Crippen LogP contribution in [0.2, 0.25) is 0 Å². The van der Waals surface area contributed by atoms with Crippen LogP contribution in [0, 0.1) is 0 Å². The van der Waals surface area contributed by atoms with Crippen LogP contribution in [0.4, 0.5) is 10.5 Å². The van der Waals surface area contributed by atoms with E-state index in [9.17, 15) is 13.2 Å². The molecule has 0 saturated carbocycles. The molecule has 0 aliphatic heterocycles. The summed E-state index contributed by atoms with van der Waals surface area (Å²) < 4.78 is 29.0. The number of nitrogens with zero attached hydrogens (tertiary/aromatic N) is 1. The predicted molar refractivity (Wildman–Crippen MR) is 68.3 cm³/mol. The molecule has 0 spiro atoms. The van der Waals surface area contributed by atoms with Gasteiger partial charge in [0.2, 0.25) is 10.0 Å². The van der Waals surface area contributed by atoms with Crippen LogP contribution in [0.3, 0.4) is 0 Å². The van der Waals surface area contributed by atoms with Crippen molar-refractivity contribution in [2.45, 2.75) is 12.7 Å². The Morgan fingerprint density at radius 3 is 2.39 bits per heavy atom. The number of nitrogens with two attached hydrogens (primary N) is 1. The first-order valence-electron chi connectivity index (χ1n) is 5.34. The van der Waals surface area contributed by atoms with Gasteiger partial charge in [0.25, 0.3) is 0 Å². The molecule has 1 amide bonds. The van der Waals surface area contributed by atoms with Crippen molar-refractivity contribution in [1.82, 2.24) is 4.31 Å². The maximum Gasteiger partial charge on any atom is 0.423 e. The van der Waals surface area contributed by atoms with E-state index in [1.807, 2.05) is 0 Å². The molecule has 100 valence electrons. The molecule has 0 bridgehead atoms. The average molecular weight is 272 g/mol. The van der Waals surface area contributed by atoms with Crippen LogP contribution in [-0.4, -0.2) is 32.5 Å². The van der Waals surface area contributed by atoms with E-state index in [2.05, 4.69) is 4.74 Å². The summed E-state index contributed by atoms with van der Waals surface area (Å²) in [5.41, 5.74) is 6.61. The quantitative estimate of drug-likeness (QED) is 0.831. The van der Waals surface area contributed by atoms with Crippen LogP contribution in [-0.2, 0) is 20.5 Å². The lowest BCUT2D eigenvalue weighted by atomic mass is 10.2. The van der Waals surface area contributed by atoms with Crippen molar-refractivity contribution >= 4 is 21.8 Å². The number of hydrogen-bond acceptors (Lipinski definition) is 5. The molecule has 18 heavy (non-hydrogen) atoms. The molecule has 1 rings (SSSR count). The van der Waals surface area contributed by atoms with E-state index in [0.29, 0.717) is 15.6 Å². The molecule has 7 heteroatoms. The minimum atomic E-state index is -3.73. The number of hydrogen-bond donors (Lipinski definition) is 1. The van der Waals surface area contributed by atoms with E-state index in [1.54, 1.807) is 31.2 Å². The highest BCUT2D eigenvalue weighted by atomic mass is 32.2. The van der Waals surface area contributed by atoms with Crippen molar-refractivity contribution in [3.8, 4) is 0 Å². The van der Waals surface area contributed by atoms with Crippen LogP contribution in [0.15, 0.2) is 24.3 Å². The fourth-order valence-electron chi connectivity index (χ4n) is 1.25. The summed E-state index contributed by atoms with van der Waals surface area (Å²) in [5.74, 6) is -0.275. The first-order valence-corrected chi connectivity index (χ1v) is 6.95. The third kappa shape index (κ3) is 3.63. The van der Waals surface area contributed by atoms with Crippen molar-refractivity contribution in [2.24, 2.45) is 0 Å². The lowest BCUT2D eigenvalue weighted by Crippen LogP contribution is -2.34. The number of carbonyl (C=O) groups is 1. The van der Waals surface area contributed by atoms with Gasteiger partial charge in [-0.25, -0.2) is 17.5 Å². The zero-order valence-corrected chi connectivity index (χ0v) is 11.1. The van der Waals surface area contributed by atoms with Crippen LogP contribution in [0.25, 0.3) is 0 Å². The second-order valence-corrected chi connectivity index (χ2v) is 5.66. The molecule has 0 aliphatic rings. The summed E-state index contributed by atoms with van der Waals surface area (Å²) in [6.45, 7) is 1.74. The lowest BCUT2D eigenvalue weighted by Gasteiger charge is -2.16. The van der Waals surface area contributed by atoms with Gasteiger partial charge in [0.1, 0.15) is 0 Å². The first-order chi connectivity index (χ1) is 8.36. The Hall–Kier alpha value is -1.76. The number of sulfonamides is 1. The van der Waals surface area contributed by atoms with Gasteiger partial charge in [0, 0.05) is 12.7 Å². The SMILES string of the molecule is CCOC(=O)N(C)S(=O)(=O)Cc1ccc(N)cc1. The molecule has 0 heterocycles. The van der Waals surface area contributed by atoms with Crippen LogP contribution in [0.5, 0.6) is 0 Å². The third-order valence-electron chi connectivity index (χ3n) is 2.27. The molecule has 6 nitrogen and oxygen atoms in total. The Morgan fingerprint density at radius 2 is 1.89 bits per heavy atom. The van der Waals surface area contributed by atoms with E-state index in [0.717, 1.165) is 0 Å². The molecular weight excluding hydrogens is 256 g/mol. The third-order valence-corrected chi connectivity index (χ3v) is 3.95. The summed E-state index contributed by atoms with van der Waals surface area (Å²) in [7, 11) is -2.56. The molecule has 0 fully saturated rings. The largest absolute Gasteiger partial charge is 0.449 e. The second kappa shape index (κ2) is 5.72. The molecular formula is C11H16N2O4S. The number of rotatable bonds is 4. The predicted octanol–water partition coefficient (Wildman–Crippen LogP) is 1.19. The summed E-state index contributed by atoms with van der Waals surface area (Å²) >= 11 is 0. The highest BCUT2D eigenvalue weighted by Crippen LogP contribution is 2.12. The average Bonchev–Trinajstić information content (AvgIpc) is 2.31. The van der Waals surface area contributed by atoms with Gasteiger partial charge in [0.15, 0.2) is 0 Å². The monoisotopic (exact) mass is 272 g/mol. The molecule has 1 aromatic rings. The minimum absolute atomic E-state index is 0.126. The van der Waals surface area contributed by atoms with Gasteiger partial charge >= 0.3 is 6.09 Å². The van der Waals surface area contributed by atoms with Crippen LogP contribution in [0.1, 0.15) is 12.5 Å². The number of amides is 1. The second-order valence-electron chi connectivity index (χ2n) is 3.66. The lowest BCUT2D eigenvalue weighted by molar-refractivity contribution is 0.136. The van der Waals surface area contributed by atoms with Crippen molar-refractivity contribution in [2.75, 3.05) is 19.4 Å². The Morgan fingerprint density at radius 1 is 1.33 bits per heavy atom. The molecule has 0 aromatic heterocycles. The molecule has 0 saturated heterocycles. The van der Waals surface area contributed by atoms with Gasteiger partial charge in [-0.3, -0.25) is 0 Å².